The van der Waals surface area contributed by atoms with Crippen molar-refractivity contribution in [3.8, 4) is 11.7 Å². The van der Waals surface area contributed by atoms with Crippen LogP contribution in [0.15, 0.2) is 18.2 Å². The second kappa shape index (κ2) is 12.2. The van der Waals surface area contributed by atoms with Crippen molar-refractivity contribution in [2.24, 2.45) is 0 Å². The number of nitrogens with zero attached hydrogens (tertiary/aromatic N) is 9. The highest BCUT2D eigenvalue weighted by Crippen LogP contribution is 2.32. The van der Waals surface area contributed by atoms with E-state index in [1.165, 1.54) is 16.0 Å². The van der Waals surface area contributed by atoms with Gasteiger partial charge in [0.15, 0.2) is 5.82 Å². The fraction of sp³-hybridized carbons (Fsp3) is 0.600. The van der Waals surface area contributed by atoms with Gasteiger partial charge in [-0.25, -0.2) is 22.2 Å². The molecular weight excluding hydrogens is 576 g/mol. The van der Waals surface area contributed by atoms with E-state index < -0.39 is 22.3 Å². The number of halogens is 2. The van der Waals surface area contributed by atoms with Crippen LogP contribution in [0, 0.1) is 0 Å². The first kappa shape index (κ1) is 28.9. The Bertz CT molecular complexity index is 1510. The Morgan fingerprint density at radius 1 is 0.833 bits per heavy atom. The molecule has 3 saturated heterocycles. The number of imidazole rings is 1. The van der Waals surface area contributed by atoms with Crippen molar-refractivity contribution in [1.29, 1.82) is 0 Å². The number of hydrogen-bond acceptors (Lipinski definition) is 12. The van der Waals surface area contributed by atoms with E-state index in [1.807, 2.05) is 14.7 Å². The molecule has 17 heteroatoms. The Morgan fingerprint density at radius 2 is 1.43 bits per heavy atom. The average molecular weight is 610 g/mol. The Balaban J connectivity index is 1.33. The Labute approximate surface area is 241 Å². The summed E-state index contributed by atoms with van der Waals surface area (Å²) in [7, 11) is -2.06. The van der Waals surface area contributed by atoms with Gasteiger partial charge in [-0.15, -0.1) is 0 Å². The molecule has 0 unspecified atom stereocenters. The lowest BCUT2D eigenvalue weighted by atomic mass is 10.3. The van der Waals surface area contributed by atoms with Gasteiger partial charge >= 0.3 is 0 Å². The Morgan fingerprint density at radius 3 is 2.05 bits per heavy atom. The molecule has 14 nitrogen and oxygen atoms in total. The number of ether oxygens (including phenoxy) is 3. The van der Waals surface area contributed by atoms with E-state index in [1.54, 1.807) is 18.2 Å². The van der Waals surface area contributed by atoms with E-state index in [2.05, 4.69) is 15.0 Å². The second-order valence-corrected chi connectivity index (χ2v) is 12.1. The number of fused-ring (bicyclic) bond motifs is 1. The summed E-state index contributed by atoms with van der Waals surface area (Å²) < 4.78 is 73.8. The zero-order valence-corrected chi connectivity index (χ0v) is 24.0. The van der Waals surface area contributed by atoms with Crippen molar-refractivity contribution in [2.45, 2.75) is 6.43 Å². The van der Waals surface area contributed by atoms with Crippen molar-refractivity contribution < 1.29 is 31.4 Å². The number of para-hydroxylation sites is 1. The lowest BCUT2D eigenvalue weighted by Gasteiger charge is -2.36. The molecule has 6 rings (SSSR count). The van der Waals surface area contributed by atoms with Gasteiger partial charge in [-0.3, -0.25) is 9.47 Å². The predicted molar refractivity (Wildman–Crippen MR) is 149 cm³/mol. The molecule has 0 bridgehead atoms. The van der Waals surface area contributed by atoms with E-state index in [4.69, 9.17) is 19.2 Å². The van der Waals surface area contributed by atoms with Crippen molar-refractivity contribution in [2.75, 3.05) is 102 Å². The minimum atomic E-state index is -3.51. The first-order valence-electron chi connectivity index (χ1n) is 13.8. The number of morpholine rings is 2. The zero-order chi connectivity index (χ0) is 29.3. The number of rotatable bonds is 8. The van der Waals surface area contributed by atoms with Crippen LogP contribution in [0.5, 0.6) is 5.75 Å². The number of benzene rings is 1. The van der Waals surface area contributed by atoms with Crippen molar-refractivity contribution >= 4 is 33.0 Å². The SMILES string of the molecule is COc1cccc2c1nc(C(F)F)n2-c1nc(N2CCOCC2)nc(N2CCN(S(=O)(=O)CN3CCOCC3)CC2)n1. The molecule has 3 aliphatic rings. The summed E-state index contributed by atoms with van der Waals surface area (Å²) in [6.07, 6.45) is -2.91. The van der Waals surface area contributed by atoms with Gasteiger partial charge in [0.05, 0.1) is 39.1 Å². The minimum Gasteiger partial charge on any atom is -0.494 e. The van der Waals surface area contributed by atoms with Gasteiger partial charge in [-0.05, 0) is 12.1 Å². The highest BCUT2D eigenvalue weighted by molar-refractivity contribution is 7.89. The van der Waals surface area contributed by atoms with Crippen LogP contribution in [-0.2, 0) is 19.5 Å². The number of hydrogen-bond donors (Lipinski definition) is 0. The van der Waals surface area contributed by atoms with Crippen LogP contribution in [-0.4, -0.2) is 134 Å². The summed E-state index contributed by atoms with van der Waals surface area (Å²) in [5.41, 5.74) is 0.637. The van der Waals surface area contributed by atoms with Crippen LogP contribution in [0.4, 0.5) is 20.7 Å². The fourth-order valence-corrected chi connectivity index (χ4v) is 6.91. The molecule has 0 aliphatic carbocycles. The van der Waals surface area contributed by atoms with Crippen LogP contribution in [0.3, 0.4) is 0 Å². The summed E-state index contributed by atoms with van der Waals surface area (Å²) in [4.78, 5) is 23.8. The molecule has 0 N–H and O–H groups in total. The first-order valence-corrected chi connectivity index (χ1v) is 15.4. The van der Waals surface area contributed by atoms with Crippen LogP contribution >= 0.6 is 0 Å². The monoisotopic (exact) mass is 609 g/mol. The molecule has 1 aromatic carbocycles. The quantitative estimate of drug-likeness (QED) is 0.357. The number of methoxy groups -OCH3 is 1. The maximum atomic E-state index is 14.3. The molecule has 228 valence electrons. The first-order chi connectivity index (χ1) is 20.3. The van der Waals surface area contributed by atoms with Gasteiger partial charge in [0.1, 0.15) is 17.1 Å². The maximum absolute atomic E-state index is 14.3. The molecule has 42 heavy (non-hydrogen) atoms. The third-order valence-corrected chi connectivity index (χ3v) is 9.39. The third-order valence-electron chi connectivity index (χ3n) is 7.55. The number of anilines is 2. The van der Waals surface area contributed by atoms with Crippen molar-refractivity contribution in [1.82, 2.24) is 33.7 Å². The summed E-state index contributed by atoms with van der Waals surface area (Å²) >= 11 is 0. The molecule has 0 radical (unpaired) electrons. The van der Waals surface area contributed by atoms with Crippen LogP contribution in [0.25, 0.3) is 17.0 Å². The second-order valence-electron chi connectivity index (χ2n) is 10.1. The summed E-state index contributed by atoms with van der Waals surface area (Å²) in [5.74, 6) is 0.377. The molecule has 3 aliphatic heterocycles. The molecule has 3 fully saturated rings. The normalized spacial score (nSPS) is 19.6. The molecule has 0 saturated carbocycles. The summed E-state index contributed by atoms with van der Waals surface area (Å²) in [6.45, 7) is 5.33. The standard InChI is InChI=1S/C25H33F2N9O5S/c1-39-19-4-2-3-18-20(19)28-22(21(26)27)36(18)25-30-23(29-24(31-25)34-11-15-41-16-12-34)33-5-7-35(8-6-33)42(37,38)17-32-9-13-40-14-10-32/h2-4,21H,5-17H2,1H3. The number of piperazine rings is 1. The van der Waals surface area contributed by atoms with Crippen LogP contribution < -0.4 is 14.5 Å². The molecule has 0 amide bonds. The highest BCUT2D eigenvalue weighted by Gasteiger charge is 2.32. The molecule has 0 atom stereocenters. The number of alkyl halides is 2. The van der Waals surface area contributed by atoms with Crippen LogP contribution in [0.1, 0.15) is 12.2 Å². The molecule has 3 aromatic rings. The highest BCUT2D eigenvalue weighted by atomic mass is 32.2. The van der Waals surface area contributed by atoms with E-state index in [9.17, 15) is 17.2 Å². The van der Waals surface area contributed by atoms with Crippen LogP contribution in [0.2, 0.25) is 0 Å². The van der Waals surface area contributed by atoms with E-state index in [0.29, 0.717) is 82.9 Å². The van der Waals surface area contributed by atoms with Gasteiger partial charge in [0.2, 0.25) is 27.9 Å². The van der Waals surface area contributed by atoms with Gasteiger partial charge in [-0.1, -0.05) is 6.07 Å². The largest absolute Gasteiger partial charge is 0.494 e. The van der Waals surface area contributed by atoms with E-state index >= 15 is 0 Å². The fourth-order valence-electron chi connectivity index (χ4n) is 5.31. The topological polar surface area (TPSA) is 131 Å². The maximum Gasteiger partial charge on any atom is 0.296 e. The minimum absolute atomic E-state index is 0.00471. The molecule has 0 spiro atoms. The van der Waals surface area contributed by atoms with Gasteiger partial charge < -0.3 is 24.0 Å². The Hall–Kier alpha value is -3.25. The lowest BCUT2D eigenvalue weighted by molar-refractivity contribution is 0.0458. The predicted octanol–water partition coefficient (Wildman–Crippen LogP) is 0.735. The molecule has 5 heterocycles. The average Bonchev–Trinajstić information content (AvgIpc) is 3.42. The van der Waals surface area contributed by atoms with Gasteiger partial charge in [-0.2, -0.15) is 19.3 Å². The smallest absolute Gasteiger partial charge is 0.296 e. The van der Waals surface area contributed by atoms with Gasteiger partial charge in [0, 0.05) is 52.4 Å². The molecular formula is C25H33F2N9O5S. The van der Waals surface area contributed by atoms with Gasteiger partial charge in [0.25, 0.3) is 6.43 Å². The van der Waals surface area contributed by atoms with Crippen molar-refractivity contribution in [3.05, 3.63) is 24.0 Å². The summed E-state index contributed by atoms with van der Waals surface area (Å²) in [6, 6.07) is 5.00. The van der Waals surface area contributed by atoms with E-state index in [0.717, 1.165) is 0 Å². The van der Waals surface area contributed by atoms with Crippen molar-refractivity contribution in [3.63, 3.8) is 0 Å². The van der Waals surface area contributed by atoms with E-state index in [-0.39, 0.29) is 36.4 Å². The zero-order valence-electron chi connectivity index (χ0n) is 23.2. The number of aromatic nitrogens is 5. The molecule has 2 aromatic heterocycles. The lowest BCUT2D eigenvalue weighted by Crippen LogP contribution is -2.52. The summed E-state index contributed by atoms with van der Waals surface area (Å²) in [5, 5.41) is 0. The Kier molecular flexibility index (Phi) is 8.35. The number of sulfonamides is 1. The third kappa shape index (κ3) is 5.83.